The first-order valence-electron chi connectivity index (χ1n) is 5.26. The molecule has 1 aliphatic rings. The van der Waals surface area contributed by atoms with E-state index in [2.05, 4.69) is 0 Å². The van der Waals surface area contributed by atoms with Crippen LogP contribution >= 0.6 is 0 Å². The Kier molecular flexibility index (Phi) is 1.83. The highest BCUT2D eigenvalue weighted by Crippen LogP contribution is 2.45. The van der Waals surface area contributed by atoms with Crippen LogP contribution in [0.1, 0.15) is 17.0 Å². The number of nitrogen functional groups attached to an aromatic ring is 1. The van der Waals surface area contributed by atoms with Gasteiger partial charge in [-0.05, 0) is 28.3 Å². The summed E-state index contributed by atoms with van der Waals surface area (Å²) in [5.41, 5.74) is 10.9. The van der Waals surface area contributed by atoms with E-state index in [1.165, 1.54) is 0 Å². The first-order valence-corrected chi connectivity index (χ1v) is 5.26. The minimum atomic E-state index is -0.201. The largest absolute Gasteiger partial charge is 0.398 e. The second-order valence-corrected chi connectivity index (χ2v) is 4.01. The second-order valence-electron chi connectivity index (χ2n) is 4.01. The van der Waals surface area contributed by atoms with Crippen molar-refractivity contribution >= 4 is 12.0 Å². The van der Waals surface area contributed by atoms with Gasteiger partial charge in [0.15, 0.2) is 0 Å². The van der Waals surface area contributed by atoms with Crippen LogP contribution in [0.25, 0.3) is 11.1 Å². The number of rotatable bonds is 1. The van der Waals surface area contributed by atoms with Crippen LogP contribution in [0.15, 0.2) is 42.5 Å². The molecular formula is C14H11NO. The van der Waals surface area contributed by atoms with E-state index in [-0.39, 0.29) is 5.92 Å². The van der Waals surface area contributed by atoms with Crippen molar-refractivity contribution in [1.29, 1.82) is 0 Å². The zero-order valence-electron chi connectivity index (χ0n) is 8.68. The van der Waals surface area contributed by atoms with Crippen molar-refractivity contribution in [1.82, 2.24) is 0 Å². The zero-order valence-corrected chi connectivity index (χ0v) is 8.68. The molecule has 0 amide bonds. The van der Waals surface area contributed by atoms with Gasteiger partial charge in [-0.15, -0.1) is 0 Å². The topological polar surface area (TPSA) is 43.1 Å². The van der Waals surface area contributed by atoms with Crippen LogP contribution in [0.4, 0.5) is 5.69 Å². The van der Waals surface area contributed by atoms with E-state index in [1.54, 1.807) is 0 Å². The average Bonchev–Trinajstić information content (AvgIpc) is 2.65. The molecule has 2 nitrogen and oxygen atoms in total. The maximum atomic E-state index is 11.2. The van der Waals surface area contributed by atoms with E-state index in [0.29, 0.717) is 5.69 Å². The van der Waals surface area contributed by atoms with Crippen LogP contribution in [0.2, 0.25) is 0 Å². The highest BCUT2D eigenvalue weighted by molar-refractivity contribution is 5.91. The van der Waals surface area contributed by atoms with Crippen molar-refractivity contribution in [2.45, 2.75) is 5.92 Å². The monoisotopic (exact) mass is 209 g/mol. The Balaban J connectivity index is 2.38. The summed E-state index contributed by atoms with van der Waals surface area (Å²) in [7, 11) is 0. The quantitative estimate of drug-likeness (QED) is 0.579. The van der Waals surface area contributed by atoms with Gasteiger partial charge in [-0.1, -0.05) is 36.4 Å². The molecule has 2 N–H and O–H groups in total. The summed E-state index contributed by atoms with van der Waals surface area (Å²) < 4.78 is 0. The lowest BCUT2D eigenvalue weighted by molar-refractivity contribution is -0.108. The van der Waals surface area contributed by atoms with Gasteiger partial charge >= 0.3 is 0 Å². The number of aldehydes is 1. The van der Waals surface area contributed by atoms with E-state index >= 15 is 0 Å². The molecule has 2 heteroatoms. The third-order valence-electron chi connectivity index (χ3n) is 3.17. The van der Waals surface area contributed by atoms with E-state index in [0.717, 1.165) is 28.5 Å². The normalized spacial score (nSPS) is 16.6. The van der Waals surface area contributed by atoms with Crippen LogP contribution in [-0.4, -0.2) is 6.29 Å². The molecule has 0 spiro atoms. The third-order valence-corrected chi connectivity index (χ3v) is 3.17. The number of anilines is 1. The van der Waals surface area contributed by atoms with Crippen molar-refractivity contribution in [3.63, 3.8) is 0 Å². The molecular weight excluding hydrogens is 198 g/mol. The molecule has 0 aliphatic heterocycles. The molecule has 1 unspecified atom stereocenters. The van der Waals surface area contributed by atoms with Gasteiger partial charge in [0.25, 0.3) is 0 Å². The molecule has 78 valence electrons. The number of carbonyl (C=O) groups is 1. The van der Waals surface area contributed by atoms with Crippen molar-refractivity contribution in [2.24, 2.45) is 0 Å². The van der Waals surface area contributed by atoms with Crippen LogP contribution in [-0.2, 0) is 4.79 Å². The smallest absolute Gasteiger partial charge is 0.131 e. The Hall–Kier alpha value is -2.09. The zero-order chi connectivity index (χ0) is 11.1. The molecule has 0 heterocycles. The van der Waals surface area contributed by atoms with Gasteiger partial charge in [0.1, 0.15) is 6.29 Å². The van der Waals surface area contributed by atoms with Crippen molar-refractivity contribution in [2.75, 3.05) is 5.73 Å². The fraction of sp³-hybridized carbons (Fsp3) is 0.0714. The number of hydrogen-bond acceptors (Lipinski definition) is 2. The van der Waals surface area contributed by atoms with Gasteiger partial charge in [0, 0.05) is 5.69 Å². The van der Waals surface area contributed by atoms with Crippen LogP contribution in [0.5, 0.6) is 0 Å². The van der Waals surface area contributed by atoms with E-state index in [1.807, 2.05) is 42.5 Å². The molecule has 0 saturated carbocycles. The molecule has 0 fully saturated rings. The maximum absolute atomic E-state index is 11.2. The molecule has 0 radical (unpaired) electrons. The summed E-state index contributed by atoms with van der Waals surface area (Å²) in [6.07, 6.45) is 0.973. The molecule has 2 aromatic rings. The number of carbonyl (C=O) groups excluding carboxylic acids is 1. The summed E-state index contributed by atoms with van der Waals surface area (Å²) in [5, 5.41) is 0. The molecule has 2 aromatic carbocycles. The summed E-state index contributed by atoms with van der Waals surface area (Å²) in [6, 6.07) is 13.8. The summed E-state index contributed by atoms with van der Waals surface area (Å²) in [6.45, 7) is 0. The second kappa shape index (κ2) is 3.20. The van der Waals surface area contributed by atoms with Gasteiger partial charge in [0.05, 0.1) is 5.92 Å². The van der Waals surface area contributed by atoms with Gasteiger partial charge in [0.2, 0.25) is 0 Å². The van der Waals surface area contributed by atoms with Crippen molar-refractivity contribution < 1.29 is 4.79 Å². The van der Waals surface area contributed by atoms with Crippen LogP contribution in [0, 0.1) is 0 Å². The lowest BCUT2D eigenvalue weighted by Gasteiger charge is -2.07. The Bertz CT molecular complexity index is 575. The lowest BCUT2D eigenvalue weighted by atomic mass is 9.97. The fourth-order valence-corrected chi connectivity index (χ4v) is 2.48. The molecule has 0 aromatic heterocycles. The van der Waals surface area contributed by atoms with Crippen LogP contribution in [0.3, 0.4) is 0 Å². The minimum absolute atomic E-state index is 0.201. The molecule has 0 bridgehead atoms. The Morgan fingerprint density at radius 2 is 1.75 bits per heavy atom. The third kappa shape index (κ3) is 1.04. The van der Waals surface area contributed by atoms with Crippen molar-refractivity contribution in [3.05, 3.63) is 53.6 Å². The highest BCUT2D eigenvalue weighted by Gasteiger charge is 2.29. The standard InChI is InChI=1S/C14H11NO/c15-13-7-3-6-11-9-4-1-2-5-10(9)12(8-16)14(11)13/h1-8,12H,15H2. The minimum Gasteiger partial charge on any atom is -0.398 e. The molecule has 1 aliphatic carbocycles. The molecule has 3 rings (SSSR count). The lowest BCUT2D eigenvalue weighted by Crippen LogP contribution is -2.01. The molecule has 16 heavy (non-hydrogen) atoms. The highest BCUT2D eigenvalue weighted by atomic mass is 16.1. The van der Waals surface area contributed by atoms with Gasteiger partial charge in [-0.25, -0.2) is 0 Å². The Morgan fingerprint density at radius 3 is 2.56 bits per heavy atom. The summed E-state index contributed by atoms with van der Waals surface area (Å²) >= 11 is 0. The Morgan fingerprint density at radius 1 is 1.00 bits per heavy atom. The Labute approximate surface area is 93.7 Å². The SMILES string of the molecule is Nc1cccc2c1C(C=O)c1ccccc1-2. The average molecular weight is 209 g/mol. The number of benzene rings is 2. The molecule has 1 atom stereocenters. The summed E-state index contributed by atoms with van der Waals surface area (Å²) in [5.74, 6) is -0.201. The predicted octanol–water partition coefficient (Wildman–Crippen LogP) is 2.58. The predicted molar refractivity (Wildman–Crippen MR) is 64.2 cm³/mol. The number of fused-ring (bicyclic) bond motifs is 3. The van der Waals surface area contributed by atoms with E-state index < -0.39 is 0 Å². The van der Waals surface area contributed by atoms with Crippen LogP contribution < -0.4 is 5.73 Å². The molecule has 0 saturated heterocycles. The maximum Gasteiger partial charge on any atom is 0.131 e. The number of hydrogen-bond donors (Lipinski definition) is 1. The van der Waals surface area contributed by atoms with Gasteiger partial charge < -0.3 is 10.5 Å². The van der Waals surface area contributed by atoms with Crippen molar-refractivity contribution in [3.8, 4) is 11.1 Å². The van der Waals surface area contributed by atoms with Gasteiger partial charge in [-0.2, -0.15) is 0 Å². The summed E-state index contributed by atoms with van der Waals surface area (Å²) in [4.78, 5) is 11.2. The van der Waals surface area contributed by atoms with E-state index in [4.69, 9.17) is 5.73 Å². The fourth-order valence-electron chi connectivity index (χ4n) is 2.48. The van der Waals surface area contributed by atoms with E-state index in [9.17, 15) is 4.79 Å². The first-order chi connectivity index (χ1) is 7.83. The first kappa shape index (κ1) is 9.16. The number of nitrogens with two attached hydrogens (primary N) is 1. The van der Waals surface area contributed by atoms with Gasteiger partial charge in [-0.3, -0.25) is 0 Å².